The Balaban J connectivity index is 1.13. The Morgan fingerprint density at radius 1 is 0.833 bits per heavy atom. The minimum Gasteiger partial charge on any atom is -0.393 e. The van der Waals surface area contributed by atoms with Crippen LogP contribution in [0.2, 0.25) is 0 Å². The summed E-state index contributed by atoms with van der Waals surface area (Å²) >= 11 is 0. The number of carbonyl (C=O) groups is 1. The lowest BCUT2D eigenvalue weighted by Crippen LogP contribution is -2.66. The summed E-state index contributed by atoms with van der Waals surface area (Å²) in [6.07, 6.45) is 8.39. The molecule has 1 heterocycles. The van der Waals surface area contributed by atoms with Crippen LogP contribution in [0.1, 0.15) is 118 Å². The quantitative estimate of drug-likeness (QED) is 0.320. The highest BCUT2D eigenvalue weighted by molar-refractivity contribution is 5.83. The number of anilines is 1. The number of aliphatic hydroxyl groups excluding tert-OH is 1. The van der Waals surface area contributed by atoms with Crippen LogP contribution in [-0.4, -0.2) is 48.2 Å². The number of carbonyl (C=O) groups excluding carboxylic acids is 1. The number of benzene rings is 1. The Morgan fingerprint density at radius 2 is 1.50 bits per heavy atom. The molecule has 48 heavy (non-hydrogen) atoms. The van der Waals surface area contributed by atoms with E-state index in [1.165, 1.54) is 31.7 Å². The van der Waals surface area contributed by atoms with Gasteiger partial charge in [-0.15, -0.1) is 0 Å². The van der Waals surface area contributed by atoms with Gasteiger partial charge in [-0.1, -0.05) is 72.2 Å². The van der Waals surface area contributed by atoms with Crippen LogP contribution >= 0.6 is 0 Å². The number of piperazine rings is 1. The lowest BCUT2D eigenvalue weighted by atomic mass is 9.33. The summed E-state index contributed by atoms with van der Waals surface area (Å²) in [6, 6.07) is 5.80. The smallest absolute Gasteiger partial charge is 0.393 e. The van der Waals surface area contributed by atoms with Gasteiger partial charge in [0.15, 0.2) is 0 Å². The minimum absolute atomic E-state index is 0.0359. The van der Waals surface area contributed by atoms with Gasteiger partial charge in [0.05, 0.1) is 11.7 Å². The van der Waals surface area contributed by atoms with Gasteiger partial charge in [0.2, 0.25) is 5.91 Å². The molecular formula is C41H59F3N2O2. The van der Waals surface area contributed by atoms with E-state index in [1.54, 1.807) is 22.6 Å². The molecule has 0 radical (unpaired) electrons. The molecule has 1 aromatic rings. The molecule has 4 saturated carbocycles. The average Bonchev–Trinajstić information content (AvgIpc) is 3.03. The van der Waals surface area contributed by atoms with Crippen LogP contribution in [0.15, 0.2) is 35.9 Å². The second-order valence-corrected chi connectivity index (χ2v) is 19.0. The molecule has 6 aliphatic rings. The van der Waals surface area contributed by atoms with Crippen LogP contribution < -0.4 is 4.90 Å². The number of amides is 1. The standard InChI is InChI=1S/C41H59F3N2O2/c1-35(2)16-15-33(47)40(7)31(35)14-17-39(6)32(40)13-12-27-29-26-37(4,19-18-36(29,3)20-21-38(27,39)5)34(48)46-24-22-45(23-25-46)30-11-9-8-10-28(30)41(42,43)44/h8-12,29,31-33,47H,13-26H2,1-7H3/t29-,31?,32?,33?,36+,37?,38+,39+,40-/m0/s1. The number of hydrogen-bond acceptors (Lipinski definition) is 3. The molecule has 0 spiro atoms. The maximum absolute atomic E-state index is 14.4. The SMILES string of the molecule is CC1(C(=O)N2CCN(c3ccccc3C(F)(F)F)CC2)CC[C@]2(C)CC[C@]3(C)C(=CCC4[C@@]5(C)C(O)CCC(C)(C)C5CC[C@]43C)[C@@H]2C1. The second kappa shape index (κ2) is 11.0. The number of fused-ring (bicyclic) bond motifs is 7. The molecule has 1 saturated heterocycles. The van der Waals surface area contributed by atoms with Gasteiger partial charge in [-0.05, 0) is 116 Å². The third kappa shape index (κ3) is 4.81. The molecule has 1 aromatic carbocycles. The molecule has 9 atom stereocenters. The molecule has 7 heteroatoms. The van der Waals surface area contributed by atoms with Crippen LogP contribution in [0, 0.1) is 50.2 Å². The summed E-state index contributed by atoms with van der Waals surface area (Å²) in [6.45, 7) is 18.7. The topological polar surface area (TPSA) is 43.8 Å². The zero-order valence-corrected chi connectivity index (χ0v) is 30.5. The summed E-state index contributed by atoms with van der Waals surface area (Å²) in [5, 5.41) is 11.7. The summed E-state index contributed by atoms with van der Waals surface area (Å²) in [4.78, 5) is 18.2. The fraction of sp³-hybridized carbons (Fsp3) is 0.780. The molecule has 0 bridgehead atoms. The van der Waals surface area contributed by atoms with Crippen molar-refractivity contribution in [3.8, 4) is 0 Å². The molecule has 4 unspecified atom stereocenters. The van der Waals surface area contributed by atoms with E-state index in [1.807, 2.05) is 4.90 Å². The first-order valence-corrected chi connectivity index (χ1v) is 18.9. The lowest BCUT2D eigenvalue weighted by Gasteiger charge is -2.71. The molecule has 1 N–H and O–H groups in total. The van der Waals surface area contributed by atoms with Gasteiger partial charge in [-0.25, -0.2) is 0 Å². The van der Waals surface area contributed by atoms with E-state index in [2.05, 4.69) is 54.5 Å². The highest BCUT2D eigenvalue weighted by Crippen LogP contribution is 2.75. The van der Waals surface area contributed by atoms with E-state index in [0.717, 1.165) is 44.6 Å². The zero-order valence-electron chi connectivity index (χ0n) is 30.5. The van der Waals surface area contributed by atoms with Crippen LogP contribution in [0.3, 0.4) is 0 Å². The summed E-state index contributed by atoms with van der Waals surface area (Å²) in [5.74, 6) is 1.49. The number of hydrogen-bond donors (Lipinski definition) is 1. The monoisotopic (exact) mass is 668 g/mol. The maximum atomic E-state index is 14.4. The van der Waals surface area contributed by atoms with Crippen molar-refractivity contribution in [2.45, 2.75) is 125 Å². The molecule has 1 amide bonds. The van der Waals surface area contributed by atoms with E-state index in [-0.39, 0.29) is 44.8 Å². The maximum Gasteiger partial charge on any atom is 0.418 e. The van der Waals surface area contributed by atoms with Gasteiger partial charge in [0.1, 0.15) is 0 Å². The van der Waals surface area contributed by atoms with E-state index in [0.29, 0.717) is 43.9 Å². The van der Waals surface area contributed by atoms with E-state index >= 15 is 0 Å². The Kier molecular flexibility index (Phi) is 7.88. The Hall–Kier alpha value is -2.02. The van der Waals surface area contributed by atoms with Gasteiger partial charge >= 0.3 is 6.18 Å². The van der Waals surface area contributed by atoms with Crippen molar-refractivity contribution in [1.29, 1.82) is 0 Å². The number of rotatable bonds is 2. The fourth-order valence-electron chi connectivity index (χ4n) is 13.1. The molecule has 5 fully saturated rings. The number of nitrogens with zero attached hydrogens (tertiary/aromatic N) is 2. The molecule has 5 aliphatic carbocycles. The van der Waals surface area contributed by atoms with E-state index in [4.69, 9.17) is 0 Å². The van der Waals surface area contributed by atoms with Gasteiger partial charge in [0, 0.05) is 42.7 Å². The van der Waals surface area contributed by atoms with Gasteiger partial charge in [-0.3, -0.25) is 4.79 Å². The second-order valence-electron chi connectivity index (χ2n) is 19.0. The van der Waals surface area contributed by atoms with Crippen molar-refractivity contribution in [2.24, 2.45) is 50.2 Å². The van der Waals surface area contributed by atoms with E-state index in [9.17, 15) is 23.1 Å². The van der Waals surface area contributed by atoms with Crippen LogP contribution in [0.25, 0.3) is 0 Å². The van der Waals surface area contributed by atoms with Gasteiger partial charge in [-0.2, -0.15) is 13.2 Å². The predicted octanol–water partition coefficient (Wildman–Crippen LogP) is 9.52. The van der Waals surface area contributed by atoms with Crippen LogP contribution in [0.5, 0.6) is 0 Å². The summed E-state index contributed by atoms with van der Waals surface area (Å²) < 4.78 is 41.3. The predicted molar refractivity (Wildman–Crippen MR) is 185 cm³/mol. The first-order chi connectivity index (χ1) is 22.3. The first kappa shape index (κ1) is 34.4. The van der Waals surface area contributed by atoms with Crippen molar-refractivity contribution in [2.75, 3.05) is 31.1 Å². The van der Waals surface area contributed by atoms with Crippen molar-refractivity contribution in [3.05, 3.63) is 41.5 Å². The Bertz CT molecular complexity index is 1480. The number of alkyl halides is 3. The highest BCUT2D eigenvalue weighted by Gasteiger charge is 2.69. The normalized spacial score (nSPS) is 44.1. The fourth-order valence-corrected chi connectivity index (χ4v) is 13.1. The number of aliphatic hydroxyl groups is 1. The Labute approximate surface area is 286 Å². The molecular weight excluding hydrogens is 609 g/mol. The van der Waals surface area contributed by atoms with Gasteiger partial charge in [0.25, 0.3) is 0 Å². The van der Waals surface area contributed by atoms with Crippen LogP contribution in [-0.2, 0) is 11.0 Å². The largest absolute Gasteiger partial charge is 0.418 e. The van der Waals surface area contributed by atoms with Crippen molar-refractivity contribution in [1.82, 2.24) is 4.90 Å². The first-order valence-electron chi connectivity index (χ1n) is 18.9. The molecule has 7 rings (SSSR count). The molecule has 0 aromatic heterocycles. The number of para-hydroxylation sites is 1. The average molecular weight is 669 g/mol. The Morgan fingerprint density at radius 3 is 2.19 bits per heavy atom. The highest BCUT2D eigenvalue weighted by atomic mass is 19.4. The van der Waals surface area contributed by atoms with E-state index < -0.39 is 17.2 Å². The molecule has 1 aliphatic heterocycles. The van der Waals surface area contributed by atoms with Gasteiger partial charge < -0.3 is 14.9 Å². The van der Waals surface area contributed by atoms with Crippen molar-refractivity contribution < 1.29 is 23.1 Å². The minimum atomic E-state index is -4.41. The molecule has 266 valence electrons. The van der Waals surface area contributed by atoms with Crippen molar-refractivity contribution in [3.63, 3.8) is 0 Å². The third-order valence-corrected chi connectivity index (χ3v) is 16.4. The lowest BCUT2D eigenvalue weighted by molar-refractivity contribution is -0.219. The van der Waals surface area contributed by atoms with Crippen LogP contribution in [0.4, 0.5) is 18.9 Å². The zero-order chi connectivity index (χ0) is 34.7. The molecule has 4 nitrogen and oxygen atoms in total. The number of halogens is 3. The third-order valence-electron chi connectivity index (χ3n) is 16.4. The summed E-state index contributed by atoms with van der Waals surface area (Å²) in [7, 11) is 0. The number of allylic oxidation sites excluding steroid dienone is 2. The van der Waals surface area contributed by atoms with Crippen molar-refractivity contribution >= 4 is 11.6 Å². The summed E-state index contributed by atoms with van der Waals surface area (Å²) in [5.41, 5.74) is 1.15.